The quantitative estimate of drug-likeness (QED) is 0.803. The summed E-state index contributed by atoms with van der Waals surface area (Å²) in [5, 5.41) is 2.90. The van der Waals surface area contributed by atoms with Crippen LogP contribution in [0.5, 0.6) is 0 Å². The number of carbonyl (C=O) groups is 2. The number of nitrogens with zero attached hydrogens (tertiary/aromatic N) is 1. The van der Waals surface area contributed by atoms with Gasteiger partial charge in [0.25, 0.3) is 5.91 Å². The van der Waals surface area contributed by atoms with Gasteiger partial charge in [-0.1, -0.05) is 30.3 Å². The number of para-hydroxylation sites is 2. The van der Waals surface area contributed by atoms with Crippen molar-refractivity contribution in [2.24, 2.45) is 0 Å². The van der Waals surface area contributed by atoms with Gasteiger partial charge < -0.3 is 15.1 Å². The van der Waals surface area contributed by atoms with Crippen molar-refractivity contribution in [3.8, 4) is 0 Å². The van der Waals surface area contributed by atoms with E-state index < -0.39 is 0 Å². The number of amides is 1. The summed E-state index contributed by atoms with van der Waals surface area (Å²) >= 11 is 0. The fourth-order valence-corrected chi connectivity index (χ4v) is 3.48. The van der Waals surface area contributed by atoms with Crippen molar-refractivity contribution in [3.63, 3.8) is 0 Å². The molecule has 1 fully saturated rings. The first kappa shape index (κ1) is 18.1. The van der Waals surface area contributed by atoms with E-state index in [2.05, 4.69) is 41.4 Å². The zero-order valence-electron chi connectivity index (χ0n) is 15.4. The molecular weight excluding hydrogens is 326 g/mol. The number of hydrogen-bond donors (Lipinski definition) is 2. The maximum absolute atomic E-state index is 12.4. The lowest BCUT2D eigenvalue weighted by atomic mass is 10.1. The predicted octanol–water partition coefficient (Wildman–Crippen LogP) is 1.54. The van der Waals surface area contributed by atoms with Crippen molar-refractivity contribution in [1.29, 1.82) is 0 Å². The van der Waals surface area contributed by atoms with Crippen LogP contribution in [0.1, 0.15) is 22.8 Å². The summed E-state index contributed by atoms with van der Waals surface area (Å²) in [5.74, 6) is -0.0851. The van der Waals surface area contributed by atoms with Crippen LogP contribution in [-0.4, -0.2) is 44.4 Å². The second kappa shape index (κ2) is 8.15. The third-order valence-electron chi connectivity index (χ3n) is 4.92. The molecule has 26 heavy (non-hydrogen) atoms. The largest absolute Gasteiger partial charge is 0.360 e. The Morgan fingerprint density at radius 2 is 1.69 bits per heavy atom. The standard InChI is InChI=1S/C21H25N3O2/c1-16-7-3-6-10-20(16)24-13-11-23(12-14-24)15-21(26)22-19-9-5-4-8-18(19)17(2)25/h3-10H,11-15H2,1-2H3,(H,22,26)/p+1. The van der Waals surface area contributed by atoms with Crippen LogP contribution in [0.4, 0.5) is 11.4 Å². The molecule has 5 heteroatoms. The number of quaternary nitrogens is 1. The monoisotopic (exact) mass is 352 g/mol. The van der Waals surface area contributed by atoms with Gasteiger partial charge in [0.15, 0.2) is 12.3 Å². The van der Waals surface area contributed by atoms with E-state index in [0.29, 0.717) is 17.8 Å². The number of ketones is 1. The summed E-state index contributed by atoms with van der Waals surface area (Å²) in [5.41, 5.74) is 3.73. The molecule has 0 radical (unpaired) electrons. The molecule has 1 aliphatic rings. The Hall–Kier alpha value is -2.66. The van der Waals surface area contributed by atoms with E-state index in [1.54, 1.807) is 12.1 Å². The summed E-state index contributed by atoms with van der Waals surface area (Å²) in [7, 11) is 0. The van der Waals surface area contributed by atoms with Crippen LogP contribution in [0.25, 0.3) is 0 Å². The molecule has 1 heterocycles. The molecule has 1 aliphatic heterocycles. The molecule has 2 aromatic carbocycles. The highest BCUT2D eigenvalue weighted by Gasteiger charge is 2.23. The van der Waals surface area contributed by atoms with Gasteiger partial charge in [-0.3, -0.25) is 9.59 Å². The first-order chi connectivity index (χ1) is 12.5. The third-order valence-corrected chi connectivity index (χ3v) is 4.92. The molecule has 5 nitrogen and oxygen atoms in total. The molecule has 0 aliphatic carbocycles. The number of nitrogens with one attached hydrogen (secondary N) is 2. The number of carbonyl (C=O) groups excluding carboxylic acids is 2. The summed E-state index contributed by atoms with van der Waals surface area (Å²) < 4.78 is 0. The van der Waals surface area contributed by atoms with E-state index in [4.69, 9.17) is 0 Å². The normalized spacial score (nSPS) is 14.9. The molecule has 1 amide bonds. The van der Waals surface area contributed by atoms with Crippen LogP contribution in [0.15, 0.2) is 48.5 Å². The number of anilines is 2. The highest BCUT2D eigenvalue weighted by atomic mass is 16.2. The van der Waals surface area contributed by atoms with Gasteiger partial charge in [-0.05, 0) is 37.6 Å². The van der Waals surface area contributed by atoms with E-state index in [0.717, 1.165) is 26.2 Å². The summed E-state index contributed by atoms with van der Waals surface area (Å²) in [6, 6.07) is 15.6. The minimum Gasteiger partial charge on any atom is -0.360 e. The van der Waals surface area contributed by atoms with Crippen LogP contribution in [0.2, 0.25) is 0 Å². The number of Topliss-reactive ketones (excluding diaryl/α,β-unsaturated/α-hetero) is 1. The van der Waals surface area contributed by atoms with E-state index >= 15 is 0 Å². The second-order valence-corrected chi connectivity index (χ2v) is 6.85. The number of piperazine rings is 1. The molecule has 0 aromatic heterocycles. The molecule has 2 N–H and O–H groups in total. The SMILES string of the molecule is CC(=O)c1ccccc1NC(=O)C[NH+]1CCN(c2ccccc2C)CC1. The summed E-state index contributed by atoms with van der Waals surface area (Å²) in [6.07, 6.45) is 0. The summed E-state index contributed by atoms with van der Waals surface area (Å²) in [6.45, 7) is 7.81. The Morgan fingerprint density at radius 3 is 2.38 bits per heavy atom. The molecule has 0 unspecified atom stereocenters. The van der Waals surface area contributed by atoms with Gasteiger partial charge in [-0.15, -0.1) is 0 Å². The molecule has 0 spiro atoms. The fraction of sp³-hybridized carbons (Fsp3) is 0.333. The van der Waals surface area contributed by atoms with Gasteiger partial charge in [0, 0.05) is 11.3 Å². The molecule has 136 valence electrons. The number of hydrogen-bond acceptors (Lipinski definition) is 3. The third kappa shape index (κ3) is 4.29. The lowest BCUT2D eigenvalue weighted by molar-refractivity contribution is -0.892. The van der Waals surface area contributed by atoms with Crippen molar-refractivity contribution in [3.05, 3.63) is 59.7 Å². The lowest BCUT2D eigenvalue weighted by Crippen LogP contribution is -3.15. The van der Waals surface area contributed by atoms with Gasteiger partial charge >= 0.3 is 0 Å². The molecular formula is C21H26N3O2+. The van der Waals surface area contributed by atoms with Crippen LogP contribution in [0, 0.1) is 6.92 Å². The van der Waals surface area contributed by atoms with Crippen molar-refractivity contribution in [2.75, 3.05) is 42.9 Å². The second-order valence-electron chi connectivity index (χ2n) is 6.85. The maximum Gasteiger partial charge on any atom is 0.279 e. The fourth-order valence-electron chi connectivity index (χ4n) is 3.48. The van der Waals surface area contributed by atoms with Crippen molar-refractivity contribution < 1.29 is 14.5 Å². The van der Waals surface area contributed by atoms with E-state index in [9.17, 15) is 9.59 Å². The van der Waals surface area contributed by atoms with Crippen molar-refractivity contribution in [2.45, 2.75) is 13.8 Å². The Bertz CT molecular complexity index is 795. The minimum atomic E-state index is -0.0435. The molecule has 0 bridgehead atoms. The van der Waals surface area contributed by atoms with Crippen molar-refractivity contribution >= 4 is 23.1 Å². The predicted molar refractivity (Wildman–Crippen MR) is 104 cm³/mol. The van der Waals surface area contributed by atoms with Crippen LogP contribution in [0.3, 0.4) is 0 Å². The van der Waals surface area contributed by atoms with Gasteiger partial charge in [0.1, 0.15) is 0 Å². The number of aryl methyl sites for hydroxylation is 1. The topological polar surface area (TPSA) is 53.9 Å². The Balaban J connectivity index is 1.54. The Kier molecular flexibility index (Phi) is 5.68. The number of benzene rings is 2. The lowest BCUT2D eigenvalue weighted by Gasteiger charge is -2.34. The Morgan fingerprint density at radius 1 is 1.04 bits per heavy atom. The number of rotatable bonds is 5. The smallest absolute Gasteiger partial charge is 0.279 e. The zero-order chi connectivity index (χ0) is 18.5. The Labute approximate surface area is 154 Å². The first-order valence-electron chi connectivity index (χ1n) is 9.08. The highest BCUT2D eigenvalue weighted by Crippen LogP contribution is 2.19. The van der Waals surface area contributed by atoms with E-state index in [1.165, 1.54) is 23.1 Å². The molecule has 3 rings (SSSR count). The van der Waals surface area contributed by atoms with Crippen LogP contribution < -0.4 is 15.1 Å². The molecule has 0 atom stereocenters. The van der Waals surface area contributed by atoms with Gasteiger partial charge in [-0.25, -0.2) is 0 Å². The van der Waals surface area contributed by atoms with E-state index in [1.807, 2.05) is 12.1 Å². The zero-order valence-corrected chi connectivity index (χ0v) is 15.4. The molecule has 2 aromatic rings. The minimum absolute atomic E-state index is 0.0416. The van der Waals surface area contributed by atoms with Gasteiger partial charge in [0.05, 0.1) is 31.9 Å². The van der Waals surface area contributed by atoms with Gasteiger partial charge in [-0.2, -0.15) is 0 Å². The van der Waals surface area contributed by atoms with Gasteiger partial charge in [0.2, 0.25) is 0 Å². The molecule has 1 saturated heterocycles. The maximum atomic E-state index is 12.4. The average molecular weight is 352 g/mol. The first-order valence-corrected chi connectivity index (χ1v) is 9.08. The van der Waals surface area contributed by atoms with Crippen LogP contribution in [-0.2, 0) is 4.79 Å². The highest BCUT2D eigenvalue weighted by molar-refractivity contribution is 6.03. The average Bonchev–Trinajstić information content (AvgIpc) is 2.63. The summed E-state index contributed by atoms with van der Waals surface area (Å²) in [4.78, 5) is 27.7. The van der Waals surface area contributed by atoms with E-state index in [-0.39, 0.29) is 11.7 Å². The van der Waals surface area contributed by atoms with Crippen molar-refractivity contribution in [1.82, 2.24) is 0 Å². The molecule has 0 saturated carbocycles. The van der Waals surface area contributed by atoms with Crippen LogP contribution >= 0.6 is 0 Å².